The molecule has 0 unspecified atom stereocenters. The number of benzene rings is 1. The van der Waals surface area contributed by atoms with Crippen LogP contribution in [0.5, 0.6) is 0 Å². The van der Waals surface area contributed by atoms with Crippen LogP contribution in [-0.4, -0.2) is 30.7 Å². The fourth-order valence-electron chi connectivity index (χ4n) is 4.34. The van der Waals surface area contributed by atoms with Gasteiger partial charge < -0.3 is 4.98 Å². The largest absolute Gasteiger partial charge is 0.310 e. The molecule has 4 aromatic rings. The number of halogens is 4. The normalized spacial score (nSPS) is 16.4. The number of pyridine rings is 1. The van der Waals surface area contributed by atoms with Gasteiger partial charge >= 0.3 is 0 Å². The molecule has 1 fully saturated rings. The van der Waals surface area contributed by atoms with Crippen LogP contribution in [0.4, 0.5) is 17.6 Å². The molecule has 1 aromatic carbocycles. The Balaban J connectivity index is 1.53. The lowest BCUT2D eigenvalue weighted by atomic mass is 9.92. The van der Waals surface area contributed by atoms with Crippen LogP contribution in [0.3, 0.4) is 0 Å². The van der Waals surface area contributed by atoms with Crippen LogP contribution in [0.25, 0.3) is 22.2 Å². The molecule has 5 rings (SSSR count). The summed E-state index contributed by atoms with van der Waals surface area (Å²) >= 11 is 0. The summed E-state index contributed by atoms with van der Waals surface area (Å²) in [6.45, 7) is 0. The Morgan fingerprint density at radius 2 is 1.91 bits per heavy atom. The lowest BCUT2D eigenvalue weighted by molar-refractivity contribution is -0.0446. The number of aromatic amines is 1. The minimum Gasteiger partial charge on any atom is -0.310 e. The van der Waals surface area contributed by atoms with Gasteiger partial charge in [-0.15, -0.1) is 0 Å². The maximum atomic E-state index is 14.0. The smallest absolute Gasteiger partial charge is 0.262 e. The van der Waals surface area contributed by atoms with Crippen molar-refractivity contribution in [3.8, 4) is 11.1 Å². The SMILES string of the molecule is O=c1[nH]c(Cc2cc(F)ccc2-c2ccnc(F)c2)nc2c1cnn2C1CCC(F)(F)CC1. The van der Waals surface area contributed by atoms with Gasteiger partial charge in [-0.3, -0.25) is 4.79 Å². The molecule has 0 radical (unpaired) electrons. The predicted molar refractivity (Wildman–Crippen MR) is 113 cm³/mol. The quantitative estimate of drug-likeness (QED) is 0.353. The fourth-order valence-corrected chi connectivity index (χ4v) is 4.34. The molecule has 33 heavy (non-hydrogen) atoms. The summed E-state index contributed by atoms with van der Waals surface area (Å²) in [5, 5.41) is 4.50. The number of nitrogens with zero attached hydrogens (tertiary/aromatic N) is 4. The first-order valence-corrected chi connectivity index (χ1v) is 10.5. The van der Waals surface area contributed by atoms with E-state index in [1.165, 1.54) is 41.3 Å². The van der Waals surface area contributed by atoms with Gasteiger partial charge in [-0.1, -0.05) is 6.07 Å². The zero-order valence-electron chi connectivity index (χ0n) is 17.4. The molecule has 170 valence electrons. The fraction of sp³-hybridized carbons (Fsp3) is 0.304. The molecule has 0 atom stereocenters. The third-order valence-electron chi connectivity index (χ3n) is 6.01. The van der Waals surface area contributed by atoms with Crippen molar-refractivity contribution in [1.29, 1.82) is 0 Å². The second-order valence-electron chi connectivity index (χ2n) is 8.27. The second-order valence-corrected chi connectivity index (χ2v) is 8.27. The predicted octanol–water partition coefficient (Wildman–Crippen LogP) is 4.80. The van der Waals surface area contributed by atoms with E-state index in [1.807, 2.05) is 0 Å². The monoisotopic (exact) mass is 457 g/mol. The van der Waals surface area contributed by atoms with Gasteiger partial charge in [0.1, 0.15) is 17.0 Å². The maximum absolute atomic E-state index is 14.0. The van der Waals surface area contributed by atoms with Gasteiger partial charge in [0, 0.05) is 31.5 Å². The number of alkyl halides is 2. The van der Waals surface area contributed by atoms with Gasteiger partial charge in [-0.2, -0.15) is 9.49 Å². The minimum atomic E-state index is -2.68. The molecule has 0 amide bonds. The summed E-state index contributed by atoms with van der Waals surface area (Å²) in [6.07, 6.45) is 2.73. The Morgan fingerprint density at radius 1 is 1.12 bits per heavy atom. The van der Waals surface area contributed by atoms with Gasteiger partial charge in [-0.25, -0.2) is 27.8 Å². The minimum absolute atomic E-state index is 0.0656. The van der Waals surface area contributed by atoms with Crippen LogP contribution in [-0.2, 0) is 6.42 Å². The van der Waals surface area contributed by atoms with Crippen LogP contribution in [0, 0.1) is 11.8 Å². The molecule has 1 aliphatic carbocycles. The first kappa shape index (κ1) is 21.3. The van der Waals surface area contributed by atoms with Crippen molar-refractivity contribution < 1.29 is 17.6 Å². The Kier molecular flexibility index (Phi) is 5.22. The molecule has 0 bridgehead atoms. The molecular weight excluding hydrogens is 438 g/mol. The van der Waals surface area contributed by atoms with E-state index in [9.17, 15) is 22.4 Å². The average Bonchev–Trinajstić information content (AvgIpc) is 3.18. The molecule has 0 aliphatic heterocycles. The van der Waals surface area contributed by atoms with Crippen molar-refractivity contribution >= 4 is 11.0 Å². The first-order chi connectivity index (χ1) is 15.8. The molecule has 3 heterocycles. The van der Waals surface area contributed by atoms with Crippen molar-refractivity contribution in [3.05, 3.63) is 76.2 Å². The van der Waals surface area contributed by atoms with Gasteiger partial charge in [0.2, 0.25) is 11.9 Å². The van der Waals surface area contributed by atoms with Gasteiger partial charge in [0.05, 0.1) is 12.2 Å². The third kappa shape index (κ3) is 4.24. The molecular formula is C23H19F4N5O. The number of aromatic nitrogens is 5. The topological polar surface area (TPSA) is 76.5 Å². The number of rotatable bonds is 4. The lowest BCUT2D eigenvalue weighted by Gasteiger charge is -2.28. The van der Waals surface area contributed by atoms with E-state index in [2.05, 4.69) is 20.1 Å². The highest BCUT2D eigenvalue weighted by molar-refractivity contribution is 5.73. The van der Waals surface area contributed by atoms with Gasteiger partial charge in [-0.05, 0) is 47.7 Å². The highest BCUT2D eigenvalue weighted by atomic mass is 19.3. The zero-order valence-corrected chi connectivity index (χ0v) is 17.4. The third-order valence-corrected chi connectivity index (χ3v) is 6.01. The van der Waals surface area contributed by atoms with Crippen LogP contribution in [0.1, 0.15) is 43.1 Å². The van der Waals surface area contributed by atoms with Gasteiger partial charge in [0.15, 0.2) is 5.65 Å². The van der Waals surface area contributed by atoms with Crippen LogP contribution < -0.4 is 5.56 Å². The molecule has 6 nitrogen and oxygen atoms in total. The summed E-state index contributed by atoms with van der Waals surface area (Å²) in [7, 11) is 0. The Hall–Kier alpha value is -3.56. The Morgan fingerprint density at radius 3 is 2.67 bits per heavy atom. The van der Waals surface area contributed by atoms with Crippen LogP contribution in [0.2, 0.25) is 0 Å². The van der Waals surface area contributed by atoms with E-state index in [1.54, 1.807) is 6.07 Å². The first-order valence-electron chi connectivity index (χ1n) is 10.5. The molecule has 0 saturated heterocycles. The van der Waals surface area contributed by atoms with Crippen molar-refractivity contribution in [2.75, 3.05) is 0 Å². The van der Waals surface area contributed by atoms with Crippen molar-refractivity contribution in [2.45, 2.75) is 44.1 Å². The zero-order chi connectivity index (χ0) is 23.2. The lowest BCUT2D eigenvalue weighted by Crippen LogP contribution is -2.27. The highest BCUT2D eigenvalue weighted by Gasteiger charge is 2.36. The summed E-state index contributed by atoms with van der Waals surface area (Å²) < 4.78 is 56.4. The van der Waals surface area contributed by atoms with Crippen LogP contribution >= 0.6 is 0 Å². The molecule has 3 aromatic heterocycles. The van der Waals surface area contributed by atoms with E-state index in [0.29, 0.717) is 22.3 Å². The van der Waals surface area contributed by atoms with E-state index in [-0.39, 0.29) is 49.4 Å². The molecule has 1 aliphatic rings. The summed E-state index contributed by atoms with van der Waals surface area (Å²) in [5.74, 6) is -3.58. The standard InChI is InChI=1S/C23H19F4N5O/c24-15-1-2-17(13-5-8-28-19(25)10-13)14(9-15)11-20-30-21-18(22(33)31-20)12-29-32(21)16-3-6-23(26,27)7-4-16/h1-2,5,8-10,12,16H,3-4,6-7,11H2,(H,30,31,33). The summed E-state index contributed by atoms with van der Waals surface area (Å²) in [6, 6.07) is 6.66. The van der Waals surface area contributed by atoms with Crippen molar-refractivity contribution in [2.24, 2.45) is 0 Å². The Bertz CT molecular complexity index is 1390. The van der Waals surface area contributed by atoms with E-state index in [4.69, 9.17) is 0 Å². The number of H-pyrrole nitrogens is 1. The van der Waals surface area contributed by atoms with Gasteiger partial charge in [0.25, 0.3) is 5.56 Å². The van der Waals surface area contributed by atoms with E-state index in [0.717, 1.165) is 0 Å². The van der Waals surface area contributed by atoms with Crippen molar-refractivity contribution in [3.63, 3.8) is 0 Å². The second kappa shape index (κ2) is 8.09. The molecule has 1 N–H and O–H groups in total. The average molecular weight is 457 g/mol. The van der Waals surface area contributed by atoms with E-state index < -0.39 is 23.2 Å². The summed E-state index contributed by atoms with van der Waals surface area (Å²) in [4.78, 5) is 23.4. The number of hydrogen-bond donors (Lipinski definition) is 1. The molecule has 1 saturated carbocycles. The van der Waals surface area contributed by atoms with Crippen molar-refractivity contribution in [1.82, 2.24) is 24.7 Å². The van der Waals surface area contributed by atoms with E-state index >= 15 is 0 Å². The maximum Gasteiger partial charge on any atom is 0.262 e. The molecule has 10 heteroatoms. The highest BCUT2D eigenvalue weighted by Crippen LogP contribution is 2.38. The summed E-state index contributed by atoms with van der Waals surface area (Å²) in [5.41, 5.74) is 1.45. The molecule has 0 spiro atoms. The van der Waals surface area contributed by atoms with Crippen LogP contribution in [0.15, 0.2) is 47.5 Å². The number of hydrogen-bond acceptors (Lipinski definition) is 4. The number of fused-ring (bicyclic) bond motifs is 1. The number of nitrogens with one attached hydrogen (secondary N) is 1. The Labute approximate surface area is 185 Å².